The SMILES string of the molecule is CC(C)(C)C#Cc1ccccc1[Si](C)(C)C. The summed E-state index contributed by atoms with van der Waals surface area (Å²) in [4.78, 5) is 0. The number of hydrogen-bond donors (Lipinski definition) is 0. The summed E-state index contributed by atoms with van der Waals surface area (Å²) >= 11 is 0. The van der Waals surface area contributed by atoms with E-state index >= 15 is 0 Å². The van der Waals surface area contributed by atoms with Gasteiger partial charge in [0.2, 0.25) is 0 Å². The number of rotatable bonds is 1. The molecule has 0 aromatic heterocycles. The van der Waals surface area contributed by atoms with Crippen LogP contribution in [0.1, 0.15) is 26.3 Å². The maximum absolute atomic E-state index is 3.34. The highest BCUT2D eigenvalue weighted by Gasteiger charge is 2.18. The van der Waals surface area contributed by atoms with E-state index in [2.05, 4.69) is 76.5 Å². The van der Waals surface area contributed by atoms with E-state index in [0.717, 1.165) is 0 Å². The molecule has 1 heteroatoms. The fraction of sp³-hybridized carbons (Fsp3) is 0.467. The summed E-state index contributed by atoms with van der Waals surface area (Å²) in [7, 11) is -1.28. The summed E-state index contributed by atoms with van der Waals surface area (Å²) < 4.78 is 0. The average molecular weight is 230 g/mol. The van der Waals surface area contributed by atoms with Crippen LogP contribution in [0.3, 0.4) is 0 Å². The molecule has 16 heavy (non-hydrogen) atoms. The second-order valence-corrected chi connectivity index (χ2v) is 11.3. The highest BCUT2D eigenvalue weighted by Crippen LogP contribution is 2.11. The van der Waals surface area contributed by atoms with Gasteiger partial charge in [-0.15, -0.1) is 0 Å². The van der Waals surface area contributed by atoms with Gasteiger partial charge in [-0.1, -0.05) is 49.7 Å². The molecule has 1 aromatic rings. The van der Waals surface area contributed by atoms with Gasteiger partial charge in [0.05, 0.1) is 8.07 Å². The molecule has 1 aromatic carbocycles. The second kappa shape index (κ2) is 4.47. The minimum atomic E-state index is -1.28. The first kappa shape index (κ1) is 13.1. The van der Waals surface area contributed by atoms with Crippen LogP contribution >= 0.6 is 0 Å². The standard InChI is InChI=1S/C15H22Si/c1-15(2,3)12-11-13-9-7-8-10-14(13)16(4,5)6/h7-10H,1-6H3. The van der Waals surface area contributed by atoms with Gasteiger partial charge in [0.25, 0.3) is 0 Å². The van der Waals surface area contributed by atoms with Crippen LogP contribution in [0.15, 0.2) is 24.3 Å². The molecular formula is C15H22Si. The summed E-state index contributed by atoms with van der Waals surface area (Å²) in [5.41, 5.74) is 1.30. The van der Waals surface area contributed by atoms with Crippen molar-refractivity contribution in [2.24, 2.45) is 5.41 Å². The predicted octanol–water partition coefficient (Wildman–Crippen LogP) is 3.63. The van der Waals surface area contributed by atoms with Gasteiger partial charge < -0.3 is 0 Å². The minimum Gasteiger partial charge on any atom is -0.0920 e. The fourth-order valence-corrected chi connectivity index (χ4v) is 3.05. The Bertz CT molecular complexity index is 419. The van der Waals surface area contributed by atoms with Crippen LogP contribution in [0, 0.1) is 17.3 Å². The molecule has 0 saturated heterocycles. The van der Waals surface area contributed by atoms with Gasteiger partial charge in [0.15, 0.2) is 0 Å². The van der Waals surface area contributed by atoms with Crippen molar-refractivity contribution < 1.29 is 0 Å². The van der Waals surface area contributed by atoms with E-state index in [0.29, 0.717) is 0 Å². The molecule has 86 valence electrons. The maximum atomic E-state index is 3.34. The first-order chi connectivity index (χ1) is 7.20. The minimum absolute atomic E-state index is 0.0759. The van der Waals surface area contributed by atoms with Crippen LogP contribution < -0.4 is 5.19 Å². The van der Waals surface area contributed by atoms with Crippen LogP contribution in [-0.4, -0.2) is 8.07 Å². The van der Waals surface area contributed by atoms with Gasteiger partial charge in [-0.3, -0.25) is 0 Å². The highest BCUT2D eigenvalue weighted by molar-refractivity contribution is 6.89. The Morgan fingerprint density at radius 2 is 1.56 bits per heavy atom. The lowest BCUT2D eigenvalue weighted by Crippen LogP contribution is -2.39. The summed E-state index contributed by atoms with van der Waals surface area (Å²) in [6, 6.07) is 8.58. The zero-order valence-electron chi connectivity index (χ0n) is 11.3. The monoisotopic (exact) mass is 230 g/mol. The van der Waals surface area contributed by atoms with E-state index in [4.69, 9.17) is 0 Å². The molecule has 0 spiro atoms. The molecule has 0 atom stereocenters. The molecule has 0 aliphatic rings. The molecule has 0 nitrogen and oxygen atoms in total. The van der Waals surface area contributed by atoms with E-state index < -0.39 is 8.07 Å². The average Bonchev–Trinajstić information content (AvgIpc) is 2.12. The first-order valence-electron chi connectivity index (χ1n) is 5.83. The Labute approximate surface area is 101 Å². The first-order valence-corrected chi connectivity index (χ1v) is 9.33. The Morgan fingerprint density at radius 3 is 2.06 bits per heavy atom. The summed E-state index contributed by atoms with van der Waals surface area (Å²) in [6.07, 6.45) is 0. The van der Waals surface area contributed by atoms with Gasteiger partial charge >= 0.3 is 0 Å². The summed E-state index contributed by atoms with van der Waals surface area (Å²) in [6.45, 7) is 13.5. The summed E-state index contributed by atoms with van der Waals surface area (Å²) in [5.74, 6) is 6.67. The third-order valence-corrected chi connectivity index (χ3v) is 4.36. The normalized spacial score (nSPS) is 11.9. The van der Waals surface area contributed by atoms with Crippen molar-refractivity contribution in [3.8, 4) is 11.8 Å². The third kappa shape index (κ3) is 3.87. The molecule has 0 saturated carbocycles. The van der Waals surface area contributed by atoms with E-state index in [-0.39, 0.29) is 5.41 Å². The lowest BCUT2D eigenvalue weighted by molar-refractivity contribution is 0.571. The molecule has 0 bridgehead atoms. The van der Waals surface area contributed by atoms with Crippen LogP contribution in [-0.2, 0) is 0 Å². The van der Waals surface area contributed by atoms with Crippen molar-refractivity contribution in [1.82, 2.24) is 0 Å². The molecule has 0 heterocycles. The second-order valence-electron chi connectivity index (χ2n) is 6.30. The Kier molecular flexibility index (Phi) is 3.65. The topological polar surface area (TPSA) is 0 Å². The van der Waals surface area contributed by atoms with Crippen molar-refractivity contribution in [3.63, 3.8) is 0 Å². The largest absolute Gasteiger partial charge is 0.0920 e. The van der Waals surface area contributed by atoms with E-state index in [1.165, 1.54) is 10.8 Å². The molecule has 0 radical (unpaired) electrons. The van der Waals surface area contributed by atoms with Crippen molar-refractivity contribution in [2.45, 2.75) is 40.4 Å². The molecule has 0 amide bonds. The quantitative estimate of drug-likeness (QED) is 0.510. The molecular weight excluding hydrogens is 208 g/mol. The lowest BCUT2D eigenvalue weighted by atomic mass is 9.97. The van der Waals surface area contributed by atoms with Crippen molar-refractivity contribution >= 4 is 13.3 Å². The van der Waals surface area contributed by atoms with Gasteiger partial charge in [0, 0.05) is 11.0 Å². The van der Waals surface area contributed by atoms with Crippen LogP contribution in [0.5, 0.6) is 0 Å². The van der Waals surface area contributed by atoms with Crippen LogP contribution in [0.25, 0.3) is 0 Å². The lowest BCUT2D eigenvalue weighted by Gasteiger charge is -2.18. The smallest absolute Gasteiger partial charge is 0.0792 e. The zero-order valence-corrected chi connectivity index (χ0v) is 12.3. The highest BCUT2D eigenvalue weighted by atomic mass is 28.3. The van der Waals surface area contributed by atoms with E-state index in [1.807, 2.05) is 0 Å². The molecule has 0 N–H and O–H groups in total. The van der Waals surface area contributed by atoms with E-state index in [9.17, 15) is 0 Å². The van der Waals surface area contributed by atoms with Crippen LogP contribution in [0.4, 0.5) is 0 Å². The van der Waals surface area contributed by atoms with Crippen molar-refractivity contribution in [2.75, 3.05) is 0 Å². The van der Waals surface area contributed by atoms with E-state index in [1.54, 1.807) is 0 Å². The zero-order chi connectivity index (χ0) is 12.4. The Hall–Kier alpha value is -1.00. The van der Waals surface area contributed by atoms with Crippen molar-refractivity contribution in [3.05, 3.63) is 29.8 Å². The molecule has 0 unspecified atom stereocenters. The molecule has 0 fully saturated rings. The molecule has 1 rings (SSSR count). The predicted molar refractivity (Wildman–Crippen MR) is 75.8 cm³/mol. The van der Waals surface area contributed by atoms with Gasteiger partial charge in [0.1, 0.15) is 0 Å². The molecule has 0 aliphatic carbocycles. The Morgan fingerprint density at radius 1 is 1.00 bits per heavy atom. The Balaban J connectivity index is 3.19. The van der Waals surface area contributed by atoms with Gasteiger partial charge in [-0.25, -0.2) is 0 Å². The number of hydrogen-bond acceptors (Lipinski definition) is 0. The fourth-order valence-electron chi connectivity index (χ4n) is 1.50. The third-order valence-electron chi connectivity index (χ3n) is 2.31. The van der Waals surface area contributed by atoms with Crippen molar-refractivity contribution in [1.29, 1.82) is 0 Å². The summed E-state index contributed by atoms with van der Waals surface area (Å²) in [5, 5.41) is 1.46. The van der Waals surface area contributed by atoms with Gasteiger partial charge in [-0.05, 0) is 32.0 Å². The maximum Gasteiger partial charge on any atom is 0.0792 e. The number of benzene rings is 1. The molecule has 0 aliphatic heterocycles. The van der Waals surface area contributed by atoms with Gasteiger partial charge in [-0.2, -0.15) is 0 Å². The van der Waals surface area contributed by atoms with Crippen LogP contribution in [0.2, 0.25) is 19.6 Å².